The van der Waals surface area contributed by atoms with Crippen molar-refractivity contribution in [3.8, 4) is 0 Å². The highest BCUT2D eigenvalue weighted by Crippen LogP contribution is 2.27. The molecule has 0 bridgehead atoms. The van der Waals surface area contributed by atoms with Gasteiger partial charge < -0.3 is 10.6 Å². The van der Waals surface area contributed by atoms with E-state index in [1.54, 1.807) is 12.4 Å². The molecule has 0 spiro atoms. The Bertz CT molecular complexity index is 372. The molecule has 4 heteroatoms. The second-order valence-electron chi connectivity index (χ2n) is 4.94. The van der Waals surface area contributed by atoms with Gasteiger partial charge in [0.15, 0.2) is 5.11 Å². The smallest absolute Gasteiger partial charge is 0.171 e. The number of nitrogens with one attached hydrogen (secondary N) is 2. The number of pyridine rings is 1. The molecule has 1 aliphatic carbocycles. The van der Waals surface area contributed by atoms with Crippen LogP contribution in [0.15, 0.2) is 24.5 Å². The van der Waals surface area contributed by atoms with Crippen molar-refractivity contribution in [3.05, 3.63) is 24.5 Å². The van der Waals surface area contributed by atoms with Gasteiger partial charge in [-0.3, -0.25) is 4.98 Å². The monoisotopic (exact) mass is 249 g/mol. The summed E-state index contributed by atoms with van der Waals surface area (Å²) in [6, 6.07) is 3.83. The molecule has 3 nitrogen and oxygen atoms in total. The lowest BCUT2D eigenvalue weighted by molar-refractivity contribution is 0.292. The fraction of sp³-hybridized carbons (Fsp3) is 0.538. The minimum absolute atomic E-state index is 0.162. The predicted molar refractivity (Wildman–Crippen MR) is 75.1 cm³/mol. The van der Waals surface area contributed by atoms with Gasteiger partial charge in [0.1, 0.15) is 0 Å². The van der Waals surface area contributed by atoms with Crippen LogP contribution in [0.3, 0.4) is 0 Å². The van der Waals surface area contributed by atoms with Gasteiger partial charge in [-0.15, -0.1) is 0 Å². The van der Waals surface area contributed by atoms with E-state index in [0.717, 1.165) is 5.69 Å². The molecule has 1 saturated carbocycles. The summed E-state index contributed by atoms with van der Waals surface area (Å²) < 4.78 is 0. The summed E-state index contributed by atoms with van der Waals surface area (Å²) in [6.07, 6.45) is 9.85. The Hall–Kier alpha value is -1.16. The summed E-state index contributed by atoms with van der Waals surface area (Å²) in [7, 11) is 0. The van der Waals surface area contributed by atoms with Gasteiger partial charge in [0, 0.05) is 23.6 Å². The Morgan fingerprint density at radius 2 is 1.88 bits per heavy atom. The minimum Gasteiger partial charge on any atom is -0.357 e. The molecule has 0 amide bonds. The Morgan fingerprint density at radius 3 is 2.53 bits per heavy atom. The summed E-state index contributed by atoms with van der Waals surface area (Å²) in [6.45, 7) is 2.26. The Labute approximate surface area is 108 Å². The summed E-state index contributed by atoms with van der Waals surface area (Å²) >= 11 is 5.35. The van der Waals surface area contributed by atoms with Gasteiger partial charge >= 0.3 is 0 Å². The van der Waals surface area contributed by atoms with E-state index in [1.165, 1.54) is 32.1 Å². The van der Waals surface area contributed by atoms with E-state index in [9.17, 15) is 0 Å². The van der Waals surface area contributed by atoms with Crippen LogP contribution in [0.4, 0.5) is 5.69 Å². The lowest BCUT2D eigenvalue weighted by atomic mass is 9.83. The van der Waals surface area contributed by atoms with Crippen LogP contribution in [0.2, 0.25) is 0 Å². The van der Waals surface area contributed by atoms with Crippen molar-refractivity contribution in [1.82, 2.24) is 10.3 Å². The van der Waals surface area contributed by atoms with Crippen molar-refractivity contribution in [2.45, 2.75) is 44.6 Å². The van der Waals surface area contributed by atoms with Crippen LogP contribution in [-0.2, 0) is 0 Å². The molecule has 1 aliphatic rings. The van der Waals surface area contributed by atoms with Crippen molar-refractivity contribution in [2.24, 2.45) is 0 Å². The normalized spacial score (nSPS) is 18.4. The van der Waals surface area contributed by atoms with Crippen molar-refractivity contribution in [1.29, 1.82) is 0 Å². The van der Waals surface area contributed by atoms with Gasteiger partial charge in [-0.05, 0) is 44.1 Å². The van der Waals surface area contributed by atoms with Crippen molar-refractivity contribution >= 4 is 23.0 Å². The third-order valence-electron chi connectivity index (χ3n) is 3.31. The molecule has 1 aromatic rings. The van der Waals surface area contributed by atoms with E-state index in [2.05, 4.69) is 22.5 Å². The number of hydrogen-bond donors (Lipinski definition) is 2. The number of nitrogens with zero attached hydrogens (tertiary/aromatic N) is 1. The van der Waals surface area contributed by atoms with E-state index in [4.69, 9.17) is 12.2 Å². The van der Waals surface area contributed by atoms with E-state index in [-0.39, 0.29) is 5.54 Å². The van der Waals surface area contributed by atoms with Crippen molar-refractivity contribution in [2.75, 3.05) is 5.32 Å². The van der Waals surface area contributed by atoms with E-state index >= 15 is 0 Å². The maximum absolute atomic E-state index is 5.35. The number of rotatable bonds is 2. The second-order valence-corrected chi connectivity index (χ2v) is 5.34. The third kappa shape index (κ3) is 3.66. The average molecular weight is 249 g/mol. The summed E-state index contributed by atoms with van der Waals surface area (Å²) in [5, 5.41) is 7.35. The molecule has 17 heavy (non-hydrogen) atoms. The molecule has 1 fully saturated rings. The van der Waals surface area contributed by atoms with E-state index in [0.29, 0.717) is 5.11 Å². The van der Waals surface area contributed by atoms with Gasteiger partial charge in [0.2, 0.25) is 0 Å². The summed E-state index contributed by atoms with van der Waals surface area (Å²) in [5.41, 5.74) is 1.15. The summed E-state index contributed by atoms with van der Waals surface area (Å²) in [5.74, 6) is 0. The van der Waals surface area contributed by atoms with Crippen LogP contribution in [-0.4, -0.2) is 15.6 Å². The Balaban J connectivity index is 1.88. The molecule has 2 rings (SSSR count). The van der Waals surface area contributed by atoms with Crippen molar-refractivity contribution in [3.63, 3.8) is 0 Å². The zero-order valence-electron chi connectivity index (χ0n) is 10.2. The number of anilines is 1. The molecule has 2 N–H and O–H groups in total. The minimum atomic E-state index is 0.162. The molecular formula is C13H19N3S. The number of aromatic nitrogens is 1. The van der Waals surface area contributed by atoms with Crippen LogP contribution in [0.5, 0.6) is 0 Å². The lowest BCUT2D eigenvalue weighted by Crippen LogP contribution is -2.48. The lowest BCUT2D eigenvalue weighted by Gasteiger charge is -2.35. The van der Waals surface area contributed by atoms with Gasteiger partial charge in [-0.25, -0.2) is 0 Å². The zero-order chi connectivity index (χ0) is 12.1. The first-order chi connectivity index (χ1) is 8.18. The largest absolute Gasteiger partial charge is 0.357 e. The summed E-state index contributed by atoms with van der Waals surface area (Å²) in [4.78, 5) is 3.98. The third-order valence-corrected chi connectivity index (χ3v) is 3.51. The maximum atomic E-state index is 5.35. The Kier molecular flexibility index (Phi) is 3.94. The molecular weight excluding hydrogens is 230 g/mol. The molecule has 0 aliphatic heterocycles. The topological polar surface area (TPSA) is 37.0 Å². The maximum Gasteiger partial charge on any atom is 0.171 e. The predicted octanol–water partition coefficient (Wildman–Crippen LogP) is 3.09. The fourth-order valence-electron chi connectivity index (χ4n) is 2.33. The van der Waals surface area contributed by atoms with Gasteiger partial charge in [-0.2, -0.15) is 0 Å². The van der Waals surface area contributed by atoms with Gasteiger partial charge in [-0.1, -0.05) is 19.3 Å². The molecule has 0 unspecified atom stereocenters. The first-order valence-electron chi connectivity index (χ1n) is 6.17. The molecule has 1 heterocycles. The van der Waals surface area contributed by atoms with Crippen LogP contribution < -0.4 is 10.6 Å². The molecule has 0 atom stereocenters. The molecule has 0 aromatic carbocycles. The fourth-order valence-corrected chi connectivity index (χ4v) is 2.69. The number of hydrogen-bond acceptors (Lipinski definition) is 2. The quantitative estimate of drug-likeness (QED) is 0.790. The Morgan fingerprint density at radius 1 is 1.24 bits per heavy atom. The van der Waals surface area contributed by atoms with Crippen LogP contribution in [0.25, 0.3) is 0 Å². The molecule has 0 saturated heterocycles. The second kappa shape index (κ2) is 5.45. The van der Waals surface area contributed by atoms with Gasteiger partial charge in [0.25, 0.3) is 0 Å². The SMILES string of the molecule is CC1(NC(=S)Nc2ccncc2)CCCCC1. The van der Waals surface area contributed by atoms with Crippen molar-refractivity contribution < 1.29 is 0 Å². The standard InChI is InChI=1S/C13H19N3S/c1-13(7-3-2-4-8-13)16-12(17)15-11-5-9-14-10-6-11/h5-6,9-10H,2-4,7-8H2,1H3,(H2,14,15,16,17). The van der Waals surface area contributed by atoms with Gasteiger partial charge in [0.05, 0.1) is 0 Å². The highest BCUT2D eigenvalue weighted by Gasteiger charge is 2.27. The highest BCUT2D eigenvalue weighted by molar-refractivity contribution is 7.80. The van der Waals surface area contributed by atoms with Crippen LogP contribution in [0, 0.1) is 0 Å². The zero-order valence-corrected chi connectivity index (χ0v) is 11.0. The highest BCUT2D eigenvalue weighted by atomic mass is 32.1. The van der Waals surface area contributed by atoms with E-state index < -0.39 is 0 Å². The average Bonchev–Trinajstić information content (AvgIpc) is 2.30. The number of thiocarbonyl (C=S) groups is 1. The first-order valence-corrected chi connectivity index (χ1v) is 6.58. The first kappa shape index (κ1) is 12.3. The molecule has 0 radical (unpaired) electrons. The molecule has 92 valence electrons. The van der Waals surface area contributed by atoms with Crippen LogP contribution in [0.1, 0.15) is 39.0 Å². The van der Waals surface area contributed by atoms with E-state index in [1.807, 2.05) is 12.1 Å². The molecule has 1 aromatic heterocycles. The van der Waals surface area contributed by atoms with Crippen LogP contribution >= 0.6 is 12.2 Å².